The summed E-state index contributed by atoms with van der Waals surface area (Å²) < 4.78 is 42.3. The number of halogens is 4. The number of ether oxygens (including phenoxy) is 1. The van der Waals surface area contributed by atoms with Crippen LogP contribution in [0.2, 0.25) is 0 Å². The van der Waals surface area contributed by atoms with Crippen molar-refractivity contribution < 1.29 is 22.7 Å². The van der Waals surface area contributed by atoms with Crippen molar-refractivity contribution >= 4 is 33.5 Å². The second kappa shape index (κ2) is 6.65. The normalized spacial score (nSPS) is 13.2. The van der Waals surface area contributed by atoms with E-state index in [4.69, 9.17) is 4.74 Å². The Kier molecular flexibility index (Phi) is 5.73. The van der Waals surface area contributed by atoms with Gasteiger partial charge >= 0.3 is 5.51 Å². The predicted octanol–water partition coefficient (Wildman–Crippen LogP) is 4.72. The molecule has 1 aromatic rings. The number of hydrogen-bond acceptors (Lipinski definition) is 3. The average Bonchev–Trinajstić information content (AvgIpc) is 2.28. The highest BCUT2D eigenvalue weighted by molar-refractivity contribution is 9.09. The van der Waals surface area contributed by atoms with Gasteiger partial charge in [0.25, 0.3) is 0 Å². The largest absolute Gasteiger partial charge is 0.494 e. The van der Waals surface area contributed by atoms with Crippen LogP contribution in [-0.2, 0) is 4.79 Å². The van der Waals surface area contributed by atoms with Gasteiger partial charge in [-0.05, 0) is 43.8 Å². The molecule has 0 radical (unpaired) electrons. The molecule has 1 rings (SSSR count). The Labute approximate surface area is 121 Å². The van der Waals surface area contributed by atoms with Gasteiger partial charge in [0.1, 0.15) is 16.4 Å². The first kappa shape index (κ1) is 16.4. The molecule has 0 bridgehead atoms. The van der Waals surface area contributed by atoms with Crippen LogP contribution in [0.3, 0.4) is 0 Å². The van der Waals surface area contributed by atoms with Gasteiger partial charge in [0.15, 0.2) is 0 Å². The molecule has 0 aliphatic rings. The number of ketones is 1. The van der Waals surface area contributed by atoms with Gasteiger partial charge in [-0.1, -0.05) is 15.9 Å². The van der Waals surface area contributed by atoms with Crippen molar-refractivity contribution in [2.45, 2.75) is 29.1 Å². The Morgan fingerprint density at radius 3 is 2.58 bits per heavy atom. The molecule has 0 aliphatic heterocycles. The van der Waals surface area contributed by atoms with E-state index in [1.807, 2.05) is 0 Å². The van der Waals surface area contributed by atoms with Crippen LogP contribution in [0.25, 0.3) is 0 Å². The molecule has 0 amide bonds. The van der Waals surface area contributed by atoms with Crippen molar-refractivity contribution in [2.24, 2.45) is 0 Å². The Morgan fingerprint density at radius 1 is 1.47 bits per heavy atom. The Hall–Kier alpha value is -0.690. The first-order valence-corrected chi connectivity index (χ1v) is 7.14. The molecule has 0 N–H and O–H groups in total. The van der Waals surface area contributed by atoms with E-state index >= 15 is 0 Å². The smallest absolute Gasteiger partial charge is 0.446 e. The third-order valence-electron chi connectivity index (χ3n) is 2.14. The molecule has 0 aliphatic carbocycles. The Bertz CT molecular complexity index is 463. The fourth-order valence-corrected chi connectivity index (χ4v) is 2.37. The zero-order valence-corrected chi connectivity index (χ0v) is 12.7. The zero-order chi connectivity index (χ0) is 14.6. The number of alkyl halides is 4. The summed E-state index contributed by atoms with van der Waals surface area (Å²) in [5.74, 6) is 0.209. The number of Topliss-reactive ketones (excluding diaryl/α,β-unsaturated/α-hetero) is 1. The second-order valence-corrected chi connectivity index (χ2v) is 5.71. The lowest BCUT2D eigenvalue weighted by Crippen LogP contribution is -2.06. The maximum atomic E-state index is 12.3. The first-order valence-electron chi connectivity index (χ1n) is 5.41. The third kappa shape index (κ3) is 5.06. The van der Waals surface area contributed by atoms with Gasteiger partial charge in [-0.3, -0.25) is 4.79 Å². The van der Waals surface area contributed by atoms with E-state index < -0.39 is 10.3 Å². The number of rotatable bonds is 5. The van der Waals surface area contributed by atoms with Crippen LogP contribution in [-0.4, -0.2) is 17.9 Å². The standard InChI is InChI=1S/C12H12BrF3O2S/c1-3-18-10-5-4-8(19-12(14,15)16)6-9(10)11(13)7(2)17/h4-6,11H,3H2,1-2H3. The lowest BCUT2D eigenvalue weighted by atomic mass is 10.1. The molecule has 1 atom stereocenters. The highest BCUT2D eigenvalue weighted by Crippen LogP contribution is 2.41. The Balaban J connectivity index is 3.14. The van der Waals surface area contributed by atoms with Crippen LogP contribution in [0.15, 0.2) is 23.1 Å². The van der Waals surface area contributed by atoms with E-state index in [0.717, 1.165) is 0 Å². The quantitative estimate of drug-likeness (QED) is 0.563. The van der Waals surface area contributed by atoms with Crippen molar-refractivity contribution in [1.29, 1.82) is 0 Å². The summed E-state index contributed by atoms with van der Waals surface area (Å²) in [7, 11) is 0. The van der Waals surface area contributed by atoms with Crippen LogP contribution in [0.4, 0.5) is 13.2 Å². The van der Waals surface area contributed by atoms with E-state index in [0.29, 0.717) is 17.9 Å². The summed E-state index contributed by atoms with van der Waals surface area (Å²) in [5.41, 5.74) is -3.95. The van der Waals surface area contributed by atoms with Gasteiger partial charge in [-0.15, -0.1) is 0 Å². The van der Waals surface area contributed by atoms with Gasteiger partial charge < -0.3 is 4.74 Å². The van der Waals surface area contributed by atoms with E-state index in [1.165, 1.54) is 25.1 Å². The topological polar surface area (TPSA) is 26.3 Å². The highest BCUT2D eigenvalue weighted by atomic mass is 79.9. The fourth-order valence-electron chi connectivity index (χ4n) is 1.43. The summed E-state index contributed by atoms with van der Waals surface area (Å²) in [4.78, 5) is 10.7. The third-order valence-corrected chi connectivity index (χ3v) is 4.00. The summed E-state index contributed by atoms with van der Waals surface area (Å²) in [6.07, 6.45) is 0. The lowest BCUT2D eigenvalue weighted by Gasteiger charge is -2.15. The van der Waals surface area contributed by atoms with Crippen LogP contribution < -0.4 is 4.74 Å². The molecule has 0 heterocycles. The molecular weight excluding hydrogens is 345 g/mol. The molecule has 2 nitrogen and oxygen atoms in total. The molecule has 1 aromatic carbocycles. The van der Waals surface area contributed by atoms with Crippen molar-refractivity contribution in [3.05, 3.63) is 23.8 Å². The summed E-state index contributed by atoms with van der Waals surface area (Å²) in [6.45, 7) is 3.49. The van der Waals surface area contributed by atoms with Crippen molar-refractivity contribution in [3.63, 3.8) is 0 Å². The minimum atomic E-state index is -4.36. The van der Waals surface area contributed by atoms with E-state index in [-0.39, 0.29) is 22.4 Å². The summed E-state index contributed by atoms with van der Waals surface area (Å²) in [6, 6.07) is 4.10. The molecule has 106 valence electrons. The molecule has 7 heteroatoms. The van der Waals surface area contributed by atoms with Gasteiger partial charge in [0, 0.05) is 10.5 Å². The number of hydrogen-bond donors (Lipinski definition) is 0. The number of carbonyl (C=O) groups is 1. The van der Waals surface area contributed by atoms with Crippen LogP contribution >= 0.6 is 27.7 Å². The summed E-state index contributed by atoms with van der Waals surface area (Å²) >= 11 is 2.95. The second-order valence-electron chi connectivity index (χ2n) is 3.65. The molecule has 0 saturated carbocycles. The van der Waals surface area contributed by atoms with E-state index in [9.17, 15) is 18.0 Å². The molecule has 0 saturated heterocycles. The lowest BCUT2D eigenvalue weighted by molar-refractivity contribution is -0.116. The number of benzene rings is 1. The number of thioether (sulfide) groups is 1. The fraction of sp³-hybridized carbons (Fsp3) is 0.417. The molecule has 0 fully saturated rings. The SMILES string of the molecule is CCOc1ccc(SC(F)(F)F)cc1C(Br)C(C)=O. The van der Waals surface area contributed by atoms with Crippen molar-refractivity contribution in [2.75, 3.05) is 6.61 Å². The maximum absolute atomic E-state index is 12.3. The number of carbonyl (C=O) groups excluding carboxylic acids is 1. The van der Waals surface area contributed by atoms with E-state index in [1.54, 1.807) is 6.92 Å². The molecule has 1 unspecified atom stereocenters. The van der Waals surface area contributed by atoms with Crippen LogP contribution in [0.5, 0.6) is 5.75 Å². The first-order chi connectivity index (χ1) is 8.74. The van der Waals surface area contributed by atoms with Crippen LogP contribution in [0.1, 0.15) is 24.2 Å². The minimum absolute atomic E-state index is 0.0247. The highest BCUT2D eigenvalue weighted by Gasteiger charge is 2.30. The van der Waals surface area contributed by atoms with E-state index in [2.05, 4.69) is 15.9 Å². The average molecular weight is 357 g/mol. The predicted molar refractivity (Wildman–Crippen MR) is 71.9 cm³/mol. The van der Waals surface area contributed by atoms with Gasteiger partial charge in [0.05, 0.1) is 6.61 Å². The maximum Gasteiger partial charge on any atom is 0.446 e. The zero-order valence-electron chi connectivity index (χ0n) is 10.3. The Morgan fingerprint density at radius 2 is 2.11 bits per heavy atom. The van der Waals surface area contributed by atoms with Gasteiger partial charge in [0.2, 0.25) is 0 Å². The molecular formula is C12H12BrF3O2S. The molecule has 0 aromatic heterocycles. The van der Waals surface area contributed by atoms with Gasteiger partial charge in [-0.25, -0.2) is 0 Å². The summed E-state index contributed by atoms with van der Waals surface area (Å²) in [5, 5.41) is 0. The van der Waals surface area contributed by atoms with Crippen LogP contribution in [0, 0.1) is 0 Å². The molecule has 19 heavy (non-hydrogen) atoms. The minimum Gasteiger partial charge on any atom is -0.494 e. The molecule has 0 spiro atoms. The van der Waals surface area contributed by atoms with Crippen molar-refractivity contribution in [3.8, 4) is 5.75 Å². The monoisotopic (exact) mass is 356 g/mol. The van der Waals surface area contributed by atoms with Crippen molar-refractivity contribution in [1.82, 2.24) is 0 Å². The van der Waals surface area contributed by atoms with Gasteiger partial charge in [-0.2, -0.15) is 13.2 Å².